The van der Waals surface area contributed by atoms with Gasteiger partial charge in [-0.3, -0.25) is 10.1 Å². The Kier molecular flexibility index (Phi) is 6.80. The van der Waals surface area contributed by atoms with Crippen LogP contribution in [0.3, 0.4) is 0 Å². The third-order valence-corrected chi connectivity index (χ3v) is 3.59. The molecule has 1 N–H and O–H groups in total. The molecule has 0 atom stereocenters. The van der Waals surface area contributed by atoms with Crippen molar-refractivity contribution in [2.24, 2.45) is 0 Å². The molecule has 0 aliphatic rings. The van der Waals surface area contributed by atoms with Gasteiger partial charge in [0.2, 0.25) is 0 Å². The van der Waals surface area contributed by atoms with Crippen molar-refractivity contribution in [3.63, 3.8) is 0 Å². The van der Waals surface area contributed by atoms with Gasteiger partial charge in [-0.15, -0.1) is 0 Å². The lowest BCUT2D eigenvalue weighted by atomic mass is 10.1. The van der Waals surface area contributed by atoms with E-state index in [0.29, 0.717) is 6.61 Å². The van der Waals surface area contributed by atoms with Crippen LogP contribution in [-0.4, -0.2) is 41.2 Å². The summed E-state index contributed by atoms with van der Waals surface area (Å²) in [6.45, 7) is 2.44. The Hall–Kier alpha value is -1.96. The van der Waals surface area contributed by atoms with E-state index in [-0.39, 0.29) is 11.5 Å². The largest absolute Gasteiger partial charge is 0.493 e. The fourth-order valence-electron chi connectivity index (χ4n) is 1.63. The summed E-state index contributed by atoms with van der Waals surface area (Å²) in [5.41, 5.74) is -0.938. The van der Waals surface area contributed by atoms with Crippen LogP contribution in [0.15, 0.2) is 12.1 Å². The number of aromatic carboxylic acids is 1. The minimum atomic E-state index is -1.38. The highest BCUT2D eigenvalue weighted by molar-refractivity contribution is 7.99. The van der Waals surface area contributed by atoms with Crippen molar-refractivity contribution in [2.45, 2.75) is 13.3 Å². The smallest absolute Gasteiger partial charge is 0.342 e. The number of hydrogen-bond acceptors (Lipinski definition) is 6. The summed E-state index contributed by atoms with van der Waals surface area (Å²) in [7, 11) is 1.35. The van der Waals surface area contributed by atoms with E-state index < -0.39 is 22.1 Å². The van der Waals surface area contributed by atoms with Crippen LogP contribution in [0, 0.1) is 10.1 Å². The molecular weight excluding hydrogens is 298 g/mol. The second-order valence-corrected chi connectivity index (χ2v) is 5.38. The van der Waals surface area contributed by atoms with Gasteiger partial charge in [-0.05, 0) is 17.9 Å². The zero-order valence-electron chi connectivity index (χ0n) is 11.8. The number of nitro benzene ring substituents is 1. The molecule has 0 heterocycles. The van der Waals surface area contributed by atoms with Crippen LogP contribution in [-0.2, 0) is 0 Å². The first kappa shape index (κ1) is 17.1. The highest BCUT2D eigenvalue weighted by atomic mass is 32.2. The van der Waals surface area contributed by atoms with Gasteiger partial charge in [-0.1, -0.05) is 6.92 Å². The first-order valence-corrected chi connectivity index (χ1v) is 7.47. The van der Waals surface area contributed by atoms with E-state index in [4.69, 9.17) is 14.6 Å². The van der Waals surface area contributed by atoms with E-state index in [1.165, 1.54) is 7.11 Å². The predicted molar refractivity (Wildman–Crippen MR) is 79.7 cm³/mol. The highest BCUT2D eigenvalue weighted by Gasteiger charge is 2.24. The maximum absolute atomic E-state index is 11.0. The number of nitro groups is 1. The second-order valence-electron chi connectivity index (χ2n) is 3.98. The molecule has 7 nitrogen and oxygen atoms in total. The SMILES string of the molecule is CCSCCCOc1cc([N+](=O)[O-])c(C(=O)O)cc1OC. The zero-order valence-corrected chi connectivity index (χ0v) is 12.6. The number of benzene rings is 1. The number of methoxy groups -OCH3 is 1. The standard InChI is InChI=1S/C13H17NO6S/c1-3-21-6-4-5-20-12-8-10(14(17)18)9(13(15)16)7-11(12)19-2/h7-8H,3-6H2,1-2H3,(H,15,16). The van der Waals surface area contributed by atoms with Gasteiger partial charge in [0.1, 0.15) is 5.56 Å². The second kappa shape index (κ2) is 8.35. The van der Waals surface area contributed by atoms with Crippen molar-refractivity contribution in [2.75, 3.05) is 25.2 Å². The van der Waals surface area contributed by atoms with Crippen molar-refractivity contribution >= 4 is 23.4 Å². The molecule has 21 heavy (non-hydrogen) atoms. The van der Waals surface area contributed by atoms with Gasteiger partial charge in [-0.25, -0.2) is 4.79 Å². The first-order valence-electron chi connectivity index (χ1n) is 6.31. The number of carboxylic acid groups (broad SMARTS) is 1. The molecule has 0 bridgehead atoms. The summed E-state index contributed by atoms with van der Waals surface area (Å²) < 4.78 is 10.5. The van der Waals surface area contributed by atoms with Crippen molar-refractivity contribution in [3.8, 4) is 11.5 Å². The molecule has 0 amide bonds. The number of nitrogens with zero attached hydrogens (tertiary/aromatic N) is 1. The lowest BCUT2D eigenvalue weighted by Gasteiger charge is -2.11. The van der Waals surface area contributed by atoms with E-state index in [2.05, 4.69) is 6.92 Å². The lowest BCUT2D eigenvalue weighted by molar-refractivity contribution is -0.385. The molecular formula is C13H17NO6S. The van der Waals surface area contributed by atoms with Gasteiger partial charge in [0, 0.05) is 6.07 Å². The summed E-state index contributed by atoms with van der Waals surface area (Å²) in [4.78, 5) is 21.2. The van der Waals surface area contributed by atoms with Crippen molar-refractivity contribution in [1.29, 1.82) is 0 Å². The number of carbonyl (C=O) groups is 1. The van der Waals surface area contributed by atoms with Gasteiger partial charge in [0.25, 0.3) is 5.69 Å². The zero-order chi connectivity index (χ0) is 15.8. The van der Waals surface area contributed by atoms with Crippen LogP contribution < -0.4 is 9.47 Å². The highest BCUT2D eigenvalue weighted by Crippen LogP contribution is 2.34. The Balaban J connectivity index is 2.94. The lowest BCUT2D eigenvalue weighted by Crippen LogP contribution is -2.06. The van der Waals surface area contributed by atoms with E-state index in [1.54, 1.807) is 11.8 Å². The van der Waals surface area contributed by atoms with Crippen LogP contribution in [0.4, 0.5) is 5.69 Å². The van der Waals surface area contributed by atoms with Gasteiger partial charge >= 0.3 is 5.97 Å². The molecule has 1 rings (SSSR count). The van der Waals surface area contributed by atoms with E-state index in [9.17, 15) is 14.9 Å². The summed E-state index contributed by atoms with van der Waals surface area (Å²) in [6.07, 6.45) is 0.788. The maximum atomic E-state index is 11.0. The normalized spacial score (nSPS) is 10.2. The van der Waals surface area contributed by atoms with Gasteiger partial charge in [-0.2, -0.15) is 11.8 Å². The molecule has 116 valence electrons. The Morgan fingerprint density at radius 2 is 2.14 bits per heavy atom. The molecule has 1 aromatic rings. The Labute approximate surface area is 126 Å². The Morgan fingerprint density at radius 1 is 1.43 bits per heavy atom. The van der Waals surface area contributed by atoms with Crippen molar-refractivity contribution in [1.82, 2.24) is 0 Å². The third kappa shape index (κ3) is 4.82. The van der Waals surface area contributed by atoms with Gasteiger partial charge in [0.05, 0.1) is 24.7 Å². The average molecular weight is 315 g/mol. The van der Waals surface area contributed by atoms with Crippen molar-refractivity contribution in [3.05, 3.63) is 27.8 Å². The maximum Gasteiger partial charge on any atom is 0.342 e. The molecule has 0 radical (unpaired) electrons. The number of carboxylic acids is 1. The molecule has 0 unspecified atom stereocenters. The number of hydrogen-bond donors (Lipinski definition) is 1. The molecule has 0 saturated carbocycles. The molecule has 0 spiro atoms. The molecule has 0 aliphatic carbocycles. The van der Waals surface area contributed by atoms with Crippen LogP contribution in [0.1, 0.15) is 23.7 Å². The Bertz CT molecular complexity index is 520. The average Bonchev–Trinajstić information content (AvgIpc) is 2.46. The topological polar surface area (TPSA) is 98.9 Å². The third-order valence-electron chi connectivity index (χ3n) is 2.60. The first-order chi connectivity index (χ1) is 10.0. The number of ether oxygens (including phenoxy) is 2. The number of thioether (sulfide) groups is 1. The summed E-state index contributed by atoms with van der Waals surface area (Å²) in [5.74, 6) is 0.902. The fourth-order valence-corrected chi connectivity index (χ4v) is 2.24. The molecule has 8 heteroatoms. The van der Waals surface area contributed by atoms with Crippen LogP contribution in [0.2, 0.25) is 0 Å². The number of rotatable bonds is 9. The minimum Gasteiger partial charge on any atom is -0.493 e. The monoisotopic (exact) mass is 315 g/mol. The molecule has 0 saturated heterocycles. The van der Waals surface area contributed by atoms with Gasteiger partial charge < -0.3 is 14.6 Å². The van der Waals surface area contributed by atoms with Gasteiger partial charge in [0.15, 0.2) is 11.5 Å². The van der Waals surface area contributed by atoms with E-state index in [1.807, 2.05) is 0 Å². The molecule has 0 aromatic heterocycles. The molecule has 0 fully saturated rings. The minimum absolute atomic E-state index is 0.168. The summed E-state index contributed by atoms with van der Waals surface area (Å²) in [6, 6.07) is 2.20. The Morgan fingerprint density at radius 3 is 2.67 bits per heavy atom. The quantitative estimate of drug-likeness (QED) is 0.425. The van der Waals surface area contributed by atoms with Crippen molar-refractivity contribution < 1.29 is 24.3 Å². The summed E-state index contributed by atoms with van der Waals surface area (Å²) >= 11 is 1.77. The fraction of sp³-hybridized carbons (Fsp3) is 0.462. The van der Waals surface area contributed by atoms with Crippen LogP contribution >= 0.6 is 11.8 Å². The summed E-state index contributed by atoms with van der Waals surface area (Å²) in [5, 5.41) is 19.9. The van der Waals surface area contributed by atoms with E-state index in [0.717, 1.165) is 30.1 Å². The molecule has 1 aromatic carbocycles. The van der Waals surface area contributed by atoms with Crippen LogP contribution in [0.25, 0.3) is 0 Å². The van der Waals surface area contributed by atoms with Crippen LogP contribution in [0.5, 0.6) is 11.5 Å². The van der Waals surface area contributed by atoms with E-state index >= 15 is 0 Å². The predicted octanol–water partition coefficient (Wildman–Crippen LogP) is 2.82. The molecule has 0 aliphatic heterocycles.